The van der Waals surface area contributed by atoms with E-state index in [-0.39, 0.29) is 23.9 Å². The highest BCUT2D eigenvalue weighted by atomic mass is 35.5. The number of carbonyl (C=O) groups is 2. The Morgan fingerprint density at radius 1 is 0.979 bits per heavy atom. The maximum absolute atomic E-state index is 16.0. The summed E-state index contributed by atoms with van der Waals surface area (Å²) in [5.41, 5.74) is 0.962. The predicted molar refractivity (Wildman–Crippen MR) is 179 cm³/mol. The summed E-state index contributed by atoms with van der Waals surface area (Å²) in [6, 6.07) is 10.3. The topological polar surface area (TPSA) is 97.3 Å². The number of anilines is 1. The van der Waals surface area contributed by atoms with Crippen LogP contribution in [0.2, 0.25) is 10.0 Å². The van der Waals surface area contributed by atoms with E-state index in [1.807, 2.05) is 20.8 Å². The van der Waals surface area contributed by atoms with Crippen LogP contribution in [0.5, 0.6) is 11.6 Å². The Kier molecular flexibility index (Phi) is 11.1. The number of piperazine rings is 1. The van der Waals surface area contributed by atoms with E-state index < -0.39 is 11.4 Å². The maximum atomic E-state index is 16.0. The van der Waals surface area contributed by atoms with Crippen LogP contribution in [0.25, 0.3) is 11.3 Å². The SMILES string of the molecule is COC(=O)CC1CCN(Cc2cc(-c3cc(Cl)cc(Cl)c3)nc(Oc3ccc(N4CCN(C(=O)OC(C)(C)C)CC4)nc3)c2F)CC1. The van der Waals surface area contributed by atoms with E-state index in [4.69, 9.17) is 37.4 Å². The summed E-state index contributed by atoms with van der Waals surface area (Å²) >= 11 is 12.6. The van der Waals surface area contributed by atoms with Gasteiger partial charge in [0.1, 0.15) is 17.2 Å². The minimum absolute atomic E-state index is 0.185. The van der Waals surface area contributed by atoms with Crippen molar-refractivity contribution in [2.24, 2.45) is 5.92 Å². The van der Waals surface area contributed by atoms with Crippen molar-refractivity contribution in [1.82, 2.24) is 19.8 Å². The van der Waals surface area contributed by atoms with Gasteiger partial charge in [0.25, 0.3) is 5.88 Å². The van der Waals surface area contributed by atoms with Gasteiger partial charge in [0.2, 0.25) is 0 Å². The molecule has 0 atom stereocenters. The van der Waals surface area contributed by atoms with Gasteiger partial charge in [-0.1, -0.05) is 23.2 Å². The first-order valence-corrected chi connectivity index (χ1v) is 16.4. The zero-order valence-electron chi connectivity index (χ0n) is 27.1. The van der Waals surface area contributed by atoms with E-state index in [0.717, 1.165) is 25.9 Å². The number of likely N-dealkylation sites (tertiary alicyclic amines) is 1. The fourth-order valence-electron chi connectivity index (χ4n) is 5.67. The molecule has 5 rings (SSSR count). The molecule has 2 saturated heterocycles. The van der Waals surface area contributed by atoms with Crippen LogP contribution in [0, 0.1) is 11.7 Å². The van der Waals surface area contributed by atoms with Gasteiger partial charge in [-0.3, -0.25) is 9.69 Å². The van der Waals surface area contributed by atoms with Gasteiger partial charge in [0, 0.05) is 60.3 Å². The fraction of sp³-hybridized carbons (Fsp3) is 0.471. The molecule has 0 spiro atoms. The molecule has 3 aromatic rings. The summed E-state index contributed by atoms with van der Waals surface area (Å²) in [5.74, 6) is 0.319. The molecule has 0 bridgehead atoms. The molecular formula is C34H40Cl2FN5O5. The second-order valence-electron chi connectivity index (χ2n) is 12.9. The number of esters is 1. The first kappa shape index (κ1) is 34.7. The van der Waals surface area contributed by atoms with E-state index in [1.54, 1.807) is 41.3 Å². The summed E-state index contributed by atoms with van der Waals surface area (Å²) in [5, 5.41) is 0.865. The van der Waals surface area contributed by atoms with E-state index in [2.05, 4.69) is 19.8 Å². The zero-order valence-corrected chi connectivity index (χ0v) is 28.6. The van der Waals surface area contributed by atoms with Crippen LogP contribution in [-0.4, -0.2) is 83.8 Å². The van der Waals surface area contributed by atoms with E-state index in [1.165, 1.54) is 13.3 Å². The number of hydrogen-bond donors (Lipinski definition) is 0. The third-order valence-electron chi connectivity index (χ3n) is 8.14. The van der Waals surface area contributed by atoms with Gasteiger partial charge < -0.3 is 24.0 Å². The van der Waals surface area contributed by atoms with Crippen molar-refractivity contribution in [1.29, 1.82) is 0 Å². The Bertz CT molecular complexity index is 1550. The van der Waals surface area contributed by atoms with Crippen LogP contribution in [0.4, 0.5) is 15.0 Å². The Morgan fingerprint density at radius 3 is 2.26 bits per heavy atom. The number of rotatable bonds is 8. The van der Waals surface area contributed by atoms with Gasteiger partial charge in [-0.25, -0.2) is 19.2 Å². The number of methoxy groups -OCH3 is 1. The normalized spacial score (nSPS) is 16.2. The number of ether oxygens (including phenoxy) is 3. The van der Waals surface area contributed by atoms with Crippen molar-refractivity contribution in [3.05, 3.63) is 64.0 Å². The molecule has 1 amide bonds. The molecule has 0 aliphatic carbocycles. The average Bonchev–Trinajstić information content (AvgIpc) is 3.03. The van der Waals surface area contributed by atoms with Crippen LogP contribution in [0.1, 0.15) is 45.6 Å². The molecular weight excluding hydrogens is 648 g/mol. The molecule has 1 aromatic carbocycles. The third-order valence-corrected chi connectivity index (χ3v) is 8.57. The van der Waals surface area contributed by atoms with Crippen molar-refractivity contribution >= 4 is 41.1 Å². The second kappa shape index (κ2) is 15.0. The van der Waals surface area contributed by atoms with E-state index >= 15 is 4.39 Å². The van der Waals surface area contributed by atoms with Crippen LogP contribution in [-0.2, 0) is 20.8 Å². The first-order chi connectivity index (χ1) is 22.4. The van der Waals surface area contributed by atoms with Gasteiger partial charge in [0.15, 0.2) is 5.82 Å². The highest BCUT2D eigenvalue weighted by molar-refractivity contribution is 6.35. The van der Waals surface area contributed by atoms with Crippen LogP contribution in [0.3, 0.4) is 0 Å². The molecule has 0 N–H and O–H groups in total. The number of aromatic nitrogens is 2. The molecule has 2 fully saturated rings. The van der Waals surface area contributed by atoms with Crippen molar-refractivity contribution in [3.63, 3.8) is 0 Å². The molecule has 0 unspecified atom stereocenters. The lowest BCUT2D eigenvalue weighted by Gasteiger charge is -2.36. The van der Waals surface area contributed by atoms with Crippen LogP contribution < -0.4 is 9.64 Å². The van der Waals surface area contributed by atoms with E-state index in [0.29, 0.717) is 77.6 Å². The van der Waals surface area contributed by atoms with Gasteiger partial charge in [0.05, 0.1) is 19.0 Å². The molecule has 2 aromatic heterocycles. The van der Waals surface area contributed by atoms with Crippen LogP contribution >= 0.6 is 23.2 Å². The zero-order chi connectivity index (χ0) is 33.7. The summed E-state index contributed by atoms with van der Waals surface area (Å²) in [6.45, 7) is 9.52. The van der Waals surface area contributed by atoms with Crippen molar-refractivity contribution in [2.45, 2.75) is 52.2 Å². The van der Waals surface area contributed by atoms with Crippen molar-refractivity contribution in [3.8, 4) is 22.9 Å². The Hall–Kier alpha value is -3.67. The van der Waals surface area contributed by atoms with Gasteiger partial charge >= 0.3 is 12.1 Å². The molecule has 0 radical (unpaired) electrons. The lowest BCUT2D eigenvalue weighted by atomic mass is 9.93. The predicted octanol–water partition coefficient (Wildman–Crippen LogP) is 7.21. The average molecular weight is 689 g/mol. The van der Waals surface area contributed by atoms with Gasteiger partial charge in [-0.05, 0) is 89.0 Å². The summed E-state index contributed by atoms with van der Waals surface area (Å²) in [7, 11) is 1.40. The molecule has 0 saturated carbocycles. The van der Waals surface area contributed by atoms with E-state index in [9.17, 15) is 9.59 Å². The smallest absolute Gasteiger partial charge is 0.410 e. The Balaban J connectivity index is 1.30. The number of benzene rings is 1. The lowest BCUT2D eigenvalue weighted by Crippen LogP contribution is -2.50. The number of amides is 1. The largest absolute Gasteiger partial charge is 0.469 e. The van der Waals surface area contributed by atoms with Gasteiger partial charge in [-0.15, -0.1) is 0 Å². The van der Waals surface area contributed by atoms with Crippen LogP contribution in [0.15, 0.2) is 42.6 Å². The maximum Gasteiger partial charge on any atom is 0.410 e. The molecule has 13 heteroatoms. The molecule has 252 valence electrons. The lowest BCUT2D eigenvalue weighted by molar-refractivity contribution is -0.142. The summed E-state index contributed by atoms with van der Waals surface area (Å²) in [4.78, 5) is 39.1. The molecule has 2 aliphatic rings. The minimum atomic E-state index is -0.569. The number of pyridine rings is 2. The van der Waals surface area contributed by atoms with Gasteiger partial charge in [-0.2, -0.15) is 0 Å². The van der Waals surface area contributed by atoms with Crippen molar-refractivity contribution < 1.29 is 28.2 Å². The van der Waals surface area contributed by atoms with Crippen molar-refractivity contribution in [2.75, 3.05) is 51.3 Å². The standard InChI is InChI=1S/C34H40Cl2FN5O5/c1-34(2,3)47-33(44)42-13-11-41(12-14-42)29-6-5-27(20-38-29)46-32-31(37)24(18-28(39-32)23-16-25(35)19-26(36)17-23)21-40-9-7-22(8-10-40)15-30(43)45-4/h5-6,16-20,22H,7-15,21H2,1-4H3. The fourth-order valence-corrected chi connectivity index (χ4v) is 6.20. The highest BCUT2D eigenvalue weighted by Gasteiger charge is 2.27. The molecule has 2 aliphatic heterocycles. The molecule has 4 heterocycles. The Morgan fingerprint density at radius 2 is 1.66 bits per heavy atom. The number of piperidine rings is 1. The molecule has 10 nitrogen and oxygen atoms in total. The number of nitrogens with zero attached hydrogens (tertiary/aromatic N) is 5. The monoisotopic (exact) mass is 687 g/mol. The number of carbonyl (C=O) groups excluding carboxylic acids is 2. The number of hydrogen-bond acceptors (Lipinski definition) is 9. The minimum Gasteiger partial charge on any atom is -0.469 e. The summed E-state index contributed by atoms with van der Waals surface area (Å²) in [6.07, 6.45) is 3.23. The highest BCUT2D eigenvalue weighted by Crippen LogP contribution is 2.33. The quantitative estimate of drug-likeness (QED) is 0.228. The molecule has 47 heavy (non-hydrogen) atoms. The Labute approximate surface area is 284 Å². The number of halogens is 3. The second-order valence-corrected chi connectivity index (χ2v) is 13.7. The summed E-state index contributed by atoms with van der Waals surface area (Å²) < 4.78 is 32.3. The third kappa shape index (κ3) is 9.46. The first-order valence-electron chi connectivity index (χ1n) is 15.7.